The smallest absolute Gasteiger partial charge is 0.334 e. The molecule has 0 saturated heterocycles. The molecule has 7 nitrogen and oxygen atoms in total. The van der Waals surface area contributed by atoms with Gasteiger partial charge >= 0.3 is 5.97 Å². The molecule has 1 atom stereocenters. The molecule has 2 amide bonds. The van der Waals surface area contributed by atoms with Crippen LogP contribution >= 0.6 is 11.6 Å². The summed E-state index contributed by atoms with van der Waals surface area (Å²) in [5.74, 6) is -2.45. The minimum absolute atomic E-state index is 0.162. The second-order valence-corrected chi connectivity index (χ2v) is 9.03. The first-order valence-corrected chi connectivity index (χ1v) is 10.7. The van der Waals surface area contributed by atoms with E-state index in [1.807, 2.05) is 0 Å². The third-order valence-corrected chi connectivity index (χ3v) is 5.43. The van der Waals surface area contributed by atoms with Gasteiger partial charge in [-0.3, -0.25) is 14.5 Å². The topological polar surface area (TPSA) is 97.8 Å². The number of fused-ring (bicyclic) bond motifs is 1. The number of imide groups is 1. The van der Waals surface area contributed by atoms with Gasteiger partial charge < -0.3 is 4.74 Å². The molecule has 28 heavy (non-hydrogen) atoms. The number of carbonyl (C=O) groups excluding carboxylic acids is 3. The summed E-state index contributed by atoms with van der Waals surface area (Å²) in [5, 5.41) is 0.439. The molecule has 0 aliphatic carbocycles. The normalized spacial score (nSPS) is 14.7. The van der Waals surface area contributed by atoms with Crippen molar-refractivity contribution in [3.63, 3.8) is 0 Å². The fraction of sp³-hybridized carbons (Fsp3) is 0.211. The van der Waals surface area contributed by atoms with Gasteiger partial charge in [0.2, 0.25) is 0 Å². The highest BCUT2D eigenvalue weighted by Gasteiger charge is 2.43. The first-order valence-electron chi connectivity index (χ1n) is 8.29. The van der Waals surface area contributed by atoms with E-state index in [4.69, 9.17) is 16.3 Å². The van der Waals surface area contributed by atoms with E-state index in [9.17, 15) is 22.8 Å². The standard InChI is InChI=1S/C19H16ClNO6S/c1-28(25,26)11-10-16(19(24)27-13-8-6-12(20)7-9-13)21-17(22)14-4-2-3-5-15(14)18(21)23/h2-9,16H,10-11H2,1H3. The Bertz CT molecular complexity index is 1010. The van der Waals surface area contributed by atoms with Crippen molar-refractivity contribution < 1.29 is 27.5 Å². The Morgan fingerprint density at radius 3 is 2.07 bits per heavy atom. The van der Waals surface area contributed by atoms with Gasteiger partial charge in [0, 0.05) is 11.3 Å². The van der Waals surface area contributed by atoms with E-state index < -0.39 is 33.7 Å². The van der Waals surface area contributed by atoms with Gasteiger partial charge in [-0.1, -0.05) is 23.7 Å². The Morgan fingerprint density at radius 2 is 1.57 bits per heavy atom. The lowest BCUT2D eigenvalue weighted by Gasteiger charge is -2.24. The fourth-order valence-electron chi connectivity index (χ4n) is 2.86. The van der Waals surface area contributed by atoms with Crippen molar-refractivity contribution in [3.8, 4) is 5.75 Å². The summed E-state index contributed by atoms with van der Waals surface area (Å²) >= 11 is 5.80. The lowest BCUT2D eigenvalue weighted by atomic mass is 10.1. The minimum Gasteiger partial charge on any atom is -0.425 e. The van der Waals surface area contributed by atoms with Crippen LogP contribution in [0.2, 0.25) is 5.02 Å². The number of halogens is 1. The van der Waals surface area contributed by atoms with Crippen LogP contribution in [0.3, 0.4) is 0 Å². The van der Waals surface area contributed by atoms with Crippen molar-refractivity contribution in [2.24, 2.45) is 0 Å². The number of carbonyl (C=O) groups is 3. The zero-order valence-corrected chi connectivity index (χ0v) is 16.4. The summed E-state index contributed by atoms with van der Waals surface area (Å²) in [5.41, 5.74) is 0.326. The molecular weight excluding hydrogens is 406 g/mol. The number of amides is 2. The number of benzene rings is 2. The van der Waals surface area contributed by atoms with E-state index in [1.165, 1.54) is 36.4 Å². The maximum atomic E-state index is 12.7. The van der Waals surface area contributed by atoms with Gasteiger partial charge in [0.15, 0.2) is 0 Å². The van der Waals surface area contributed by atoms with Crippen molar-refractivity contribution in [2.75, 3.05) is 12.0 Å². The monoisotopic (exact) mass is 421 g/mol. The first-order chi connectivity index (χ1) is 13.2. The molecule has 1 aliphatic heterocycles. The summed E-state index contributed by atoms with van der Waals surface area (Å²) in [6.07, 6.45) is 0.744. The number of hydrogen-bond acceptors (Lipinski definition) is 6. The van der Waals surface area contributed by atoms with Gasteiger partial charge in [-0.2, -0.15) is 0 Å². The van der Waals surface area contributed by atoms with E-state index in [-0.39, 0.29) is 29.1 Å². The van der Waals surface area contributed by atoms with Gasteiger partial charge in [0.1, 0.15) is 21.6 Å². The molecule has 0 N–H and O–H groups in total. The van der Waals surface area contributed by atoms with Crippen LogP contribution < -0.4 is 4.74 Å². The predicted octanol–water partition coefficient (Wildman–Crippen LogP) is 2.34. The van der Waals surface area contributed by atoms with Crippen LogP contribution in [0.5, 0.6) is 5.75 Å². The van der Waals surface area contributed by atoms with Crippen LogP contribution in [0, 0.1) is 0 Å². The molecule has 0 aromatic heterocycles. The molecule has 9 heteroatoms. The van der Waals surface area contributed by atoms with Gasteiger partial charge in [0.05, 0.1) is 16.9 Å². The lowest BCUT2D eigenvalue weighted by Crippen LogP contribution is -2.47. The van der Waals surface area contributed by atoms with Crippen LogP contribution in [0.4, 0.5) is 0 Å². The molecule has 1 aliphatic rings. The fourth-order valence-corrected chi connectivity index (χ4v) is 3.63. The zero-order chi connectivity index (χ0) is 20.5. The van der Waals surface area contributed by atoms with Crippen molar-refractivity contribution in [1.29, 1.82) is 0 Å². The number of esters is 1. The lowest BCUT2D eigenvalue weighted by molar-refractivity contribution is -0.138. The van der Waals surface area contributed by atoms with Crippen LogP contribution in [0.15, 0.2) is 48.5 Å². The Balaban J connectivity index is 1.91. The number of sulfone groups is 1. The number of rotatable bonds is 6. The summed E-state index contributed by atoms with van der Waals surface area (Å²) in [6.45, 7) is 0. The van der Waals surface area contributed by atoms with E-state index >= 15 is 0 Å². The number of nitrogens with zero attached hydrogens (tertiary/aromatic N) is 1. The van der Waals surface area contributed by atoms with Gasteiger partial charge in [-0.15, -0.1) is 0 Å². The molecule has 0 radical (unpaired) electrons. The summed E-state index contributed by atoms with van der Waals surface area (Å²) in [7, 11) is -3.44. The molecular formula is C19H16ClNO6S. The highest BCUT2D eigenvalue weighted by molar-refractivity contribution is 7.90. The molecule has 0 fully saturated rings. The molecule has 3 rings (SSSR count). The number of ether oxygens (including phenoxy) is 1. The molecule has 0 bridgehead atoms. The Hall–Kier alpha value is -2.71. The first kappa shape index (κ1) is 20.0. The molecule has 2 aromatic carbocycles. The van der Waals surface area contributed by atoms with Crippen LogP contribution in [0.1, 0.15) is 27.1 Å². The second-order valence-electron chi connectivity index (χ2n) is 6.34. The maximum Gasteiger partial charge on any atom is 0.334 e. The second kappa shape index (κ2) is 7.73. The summed E-state index contributed by atoms with van der Waals surface area (Å²) in [6, 6.07) is 10.7. The van der Waals surface area contributed by atoms with Crippen molar-refractivity contribution in [1.82, 2.24) is 4.90 Å². The highest BCUT2D eigenvalue weighted by Crippen LogP contribution is 2.27. The van der Waals surface area contributed by atoms with Gasteiger partial charge in [-0.05, 0) is 42.8 Å². The van der Waals surface area contributed by atoms with Crippen LogP contribution in [-0.4, -0.2) is 49.2 Å². The summed E-state index contributed by atoms with van der Waals surface area (Å²) in [4.78, 5) is 38.9. The highest BCUT2D eigenvalue weighted by atomic mass is 35.5. The van der Waals surface area contributed by atoms with Gasteiger partial charge in [0.25, 0.3) is 11.8 Å². The molecule has 0 saturated carbocycles. The van der Waals surface area contributed by atoms with E-state index in [0.717, 1.165) is 11.2 Å². The average molecular weight is 422 g/mol. The Labute approximate surface area is 166 Å². The van der Waals surface area contributed by atoms with Crippen molar-refractivity contribution in [3.05, 3.63) is 64.7 Å². The minimum atomic E-state index is -3.44. The van der Waals surface area contributed by atoms with E-state index in [2.05, 4.69) is 0 Å². The molecule has 146 valence electrons. The third kappa shape index (κ3) is 4.23. The quantitative estimate of drug-likeness (QED) is 0.403. The average Bonchev–Trinajstić information content (AvgIpc) is 2.88. The van der Waals surface area contributed by atoms with Crippen LogP contribution in [-0.2, 0) is 14.6 Å². The van der Waals surface area contributed by atoms with E-state index in [1.54, 1.807) is 12.1 Å². The number of hydrogen-bond donors (Lipinski definition) is 0. The predicted molar refractivity (Wildman–Crippen MR) is 102 cm³/mol. The maximum absolute atomic E-state index is 12.7. The Kier molecular flexibility index (Phi) is 5.53. The molecule has 1 heterocycles. The summed E-state index contributed by atoms with van der Waals surface area (Å²) < 4.78 is 28.5. The third-order valence-electron chi connectivity index (χ3n) is 4.20. The van der Waals surface area contributed by atoms with E-state index in [0.29, 0.717) is 5.02 Å². The molecule has 0 spiro atoms. The van der Waals surface area contributed by atoms with Crippen molar-refractivity contribution in [2.45, 2.75) is 12.5 Å². The SMILES string of the molecule is CS(=O)(=O)CCC(C(=O)Oc1ccc(Cl)cc1)N1C(=O)c2ccccc2C1=O. The van der Waals surface area contributed by atoms with Crippen molar-refractivity contribution >= 4 is 39.2 Å². The molecule has 2 aromatic rings. The Morgan fingerprint density at radius 1 is 1.04 bits per heavy atom. The van der Waals surface area contributed by atoms with Crippen LogP contribution in [0.25, 0.3) is 0 Å². The van der Waals surface area contributed by atoms with Gasteiger partial charge in [-0.25, -0.2) is 13.2 Å². The molecule has 1 unspecified atom stereocenters. The largest absolute Gasteiger partial charge is 0.425 e. The zero-order valence-electron chi connectivity index (χ0n) is 14.8.